The second-order valence-corrected chi connectivity index (χ2v) is 5.79. The van der Waals surface area contributed by atoms with E-state index in [4.69, 9.17) is 10.2 Å². The fourth-order valence-electron chi connectivity index (χ4n) is 2.38. The van der Waals surface area contributed by atoms with Crippen LogP contribution in [0.2, 0.25) is 0 Å². The van der Waals surface area contributed by atoms with Gasteiger partial charge in [-0.25, -0.2) is 4.98 Å². The molecular weight excluding hydrogens is 431 g/mol. The summed E-state index contributed by atoms with van der Waals surface area (Å²) >= 11 is 0. The summed E-state index contributed by atoms with van der Waals surface area (Å²) in [6, 6.07) is 3.64. The number of halogens is 1. The molecule has 0 radical (unpaired) electrons. The van der Waals surface area contributed by atoms with Crippen molar-refractivity contribution in [3.05, 3.63) is 24.2 Å². The first kappa shape index (κ1) is 21.5. The third-order valence-corrected chi connectivity index (χ3v) is 3.74. The fourth-order valence-corrected chi connectivity index (χ4v) is 2.38. The van der Waals surface area contributed by atoms with Crippen LogP contribution in [0, 0.1) is 0 Å². The topological polar surface area (TPSA) is 105 Å². The molecule has 0 amide bonds. The van der Waals surface area contributed by atoms with E-state index in [1.54, 1.807) is 6.26 Å². The molecule has 0 aliphatic rings. The average molecular weight is 460 g/mol. The summed E-state index contributed by atoms with van der Waals surface area (Å²) in [5.41, 5.74) is 5.86. The third-order valence-electron chi connectivity index (χ3n) is 3.74. The van der Waals surface area contributed by atoms with E-state index < -0.39 is 0 Å². The summed E-state index contributed by atoms with van der Waals surface area (Å²) < 4.78 is 5.26. The lowest BCUT2D eigenvalue weighted by atomic mass is 10.1. The molecule has 0 fully saturated rings. The molecule has 25 heavy (non-hydrogen) atoms. The molecular formula is C17H29IN6O. The molecule has 7 nitrogen and oxygen atoms in total. The molecule has 0 bridgehead atoms. The second kappa shape index (κ2) is 12.7. The van der Waals surface area contributed by atoms with Crippen molar-refractivity contribution in [2.75, 3.05) is 13.1 Å². The number of nitrogens with two attached hydrogens (primary N) is 1. The Balaban J connectivity index is 0.00000312. The second-order valence-electron chi connectivity index (χ2n) is 5.79. The van der Waals surface area contributed by atoms with Gasteiger partial charge in [0.15, 0.2) is 11.7 Å². The predicted molar refractivity (Wildman–Crippen MR) is 111 cm³/mol. The summed E-state index contributed by atoms with van der Waals surface area (Å²) in [6.45, 7) is 3.68. The van der Waals surface area contributed by atoms with Gasteiger partial charge in [-0.3, -0.25) is 10.1 Å². The molecule has 140 valence electrons. The Hall–Kier alpha value is -1.58. The number of nitrogens with one attached hydrogen (secondary N) is 2. The van der Waals surface area contributed by atoms with Crippen molar-refractivity contribution in [2.24, 2.45) is 10.7 Å². The van der Waals surface area contributed by atoms with Gasteiger partial charge in [0.25, 0.3) is 0 Å². The van der Waals surface area contributed by atoms with Gasteiger partial charge in [0.1, 0.15) is 5.82 Å². The quantitative estimate of drug-likeness (QED) is 0.206. The van der Waals surface area contributed by atoms with E-state index in [2.05, 4.69) is 32.4 Å². The lowest BCUT2D eigenvalue weighted by Gasteiger charge is -2.04. The fraction of sp³-hybridized carbons (Fsp3) is 0.588. The maximum absolute atomic E-state index is 5.86. The van der Waals surface area contributed by atoms with Crippen LogP contribution in [0.1, 0.15) is 51.3 Å². The molecule has 2 aromatic heterocycles. The van der Waals surface area contributed by atoms with Gasteiger partial charge < -0.3 is 15.5 Å². The highest BCUT2D eigenvalue weighted by Gasteiger charge is 2.07. The number of H-pyrrole nitrogens is 1. The van der Waals surface area contributed by atoms with Gasteiger partial charge in [0.2, 0.25) is 5.82 Å². The van der Waals surface area contributed by atoms with Crippen LogP contribution in [-0.2, 0) is 6.42 Å². The van der Waals surface area contributed by atoms with Crippen molar-refractivity contribution in [1.29, 1.82) is 0 Å². The molecule has 8 heteroatoms. The Morgan fingerprint density at radius 3 is 2.84 bits per heavy atom. The average Bonchev–Trinajstić information content (AvgIpc) is 3.25. The molecule has 0 aliphatic heterocycles. The van der Waals surface area contributed by atoms with Crippen LogP contribution < -0.4 is 11.1 Å². The number of aromatic nitrogens is 3. The molecule has 0 unspecified atom stereocenters. The van der Waals surface area contributed by atoms with Gasteiger partial charge in [-0.1, -0.05) is 39.0 Å². The molecule has 0 saturated heterocycles. The first-order valence-corrected chi connectivity index (χ1v) is 8.78. The summed E-state index contributed by atoms with van der Waals surface area (Å²) in [4.78, 5) is 8.72. The molecule has 0 spiro atoms. The van der Waals surface area contributed by atoms with E-state index in [1.165, 1.54) is 32.1 Å². The maximum atomic E-state index is 5.86. The standard InChI is InChI=1S/C17H28N6O.HI/c1-2-3-4-5-6-7-11-19-17(18)20-12-10-15-21-16(23-22-15)14-9-8-13-24-14;/h8-9,13H,2-7,10-12H2,1H3,(H3,18,19,20)(H,21,22,23);1H. The number of furan rings is 1. The molecule has 4 N–H and O–H groups in total. The van der Waals surface area contributed by atoms with Crippen molar-refractivity contribution in [3.8, 4) is 11.6 Å². The zero-order valence-electron chi connectivity index (χ0n) is 14.8. The van der Waals surface area contributed by atoms with Crippen molar-refractivity contribution in [2.45, 2.75) is 51.9 Å². The van der Waals surface area contributed by atoms with Crippen LogP contribution in [0.4, 0.5) is 0 Å². The molecule has 0 saturated carbocycles. The summed E-state index contributed by atoms with van der Waals surface area (Å²) in [5.74, 6) is 2.51. The van der Waals surface area contributed by atoms with Crippen molar-refractivity contribution < 1.29 is 4.42 Å². The number of nitrogens with zero attached hydrogens (tertiary/aromatic N) is 3. The van der Waals surface area contributed by atoms with Crippen molar-refractivity contribution >= 4 is 29.9 Å². The van der Waals surface area contributed by atoms with E-state index in [9.17, 15) is 0 Å². The lowest BCUT2D eigenvalue weighted by molar-refractivity contribution is 0.577. The minimum absolute atomic E-state index is 0. The molecule has 0 atom stereocenters. The number of unbranched alkanes of at least 4 members (excludes halogenated alkanes) is 5. The predicted octanol–water partition coefficient (Wildman–Crippen LogP) is 3.49. The number of hydrogen-bond donors (Lipinski definition) is 3. The molecule has 2 aromatic rings. The van der Waals surface area contributed by atoms with E-state index in [0.29, 0.717) is 30.5 Å². The summed E-state index contributed by atoms with van der Waals surface area (Å²) in [5, 5.41) is 10.1. The Morgan fingerprint density at radius 2 is 2.08 bits per heavy atom. The van der Waals surface area contributed by atoms with Gasteiger partial charge in [-0.2, -0.15) is 5.10 Å². The Kier molecular flexibility index (Phi) is 10.9. The third kappa shape index (κ3) is 8.37. The van der Waals surface area contributed by atoms with Crippen molar-refractivity contribution in [1.82, 2.24) is 20.5 Å². The molecule has 2 heterocycles. The monoisotopic (exact) mass is 460 g/mol. The molecule has 0 aromatic carbocycles. The van der Waals surface area contributed by atoms with E-state index >= 15 is 0 Å². The molecule has 0 aliphatic carbocycles. The summed E-state index contributed by atoms with van der Waals surface area (Å²) in [7, 11) is 0. The number of rotatable bonds is 11. The minimum Gasteiger partial charge on any atom is -0.461 e. The maximum Gasteiger partial charge on any atom is 0.216 e. The lowest BCUT2D eigenvalue weighted by Crippen LogP contribution is -2.33. The zero-order chi connectivity index (χ0) is 17.0. The van der Waals surface area contributed by atoms with E-state index in [-0.39, 0.29) is 24.0 Å². The number of aliphatic imine (C=N–C) groups is 1. The minimum atomic E-state index is 0. The Morgan fingerprint density at radius 1 is 1.28 bits per heavy atom. The summed E-state index contributed by atoms with van der Waals surface area (Å²) in [6.07, 6.45) is 9.85. The van der Waals surface area contributed by atoms with Gasteiger partial charge >= 0.3 is 0 Å². The van der Waals surface area contributed by atoms with E-state index in [0.717, 1.165) is 18.8 Å². The van der Waals surface area contributed by atoms with Crippen LogP contribution in [-0.4, -0.2) is 34.2 Å². The van der Waals surface area contributed by atoms with Gasteiger partial charge in [0.05, 0.1) is 6.26 Å². The van der Waals surface area contributed by atoms with Crippen LogP contribution >= 0.6 is 24.0 Å². The highest BCUT2D eigenvalue weighted by molar-refractivity contribution is 14.0. The smallest absolute Gasteiger partial charge is 0.216 e. The Bertz CT molecular complexity index is 596. The van der Waals surface area contributed by atoms with Crippen LogP contribution in [0.15, 0.2) is 27.8 Å². The highest BCUT2D eigenvalue weighted by atomic mass is 127. The van der Waals surface area contributed by atoms with Crippen molar-refractivity contribution in [3.63, 3.8) is 0 Å². The van der Waals surface area contributed by atoms with Crippen LogP contribution in [0.3, 0.4) is 0 Å². The Labute approximate surface area is 166 Å². The largest absolute Gasteiger partial charge is 0.461 e. The molecule has 2 rings (SSSR count). The number of aromatic amines is 1. The van der Waals surface area contributed by atoms with E-state index in [1.807, 2.05) is 12.1 Å². The number of hydrogen-bond acceptors (Lipinski definition) is 4. The van der Waals surface area contributed by atoms with Gasteiger partial charge in [0, 0.05) is 19.5 Å². The normalized spacial score (nSPS) is 11.3. The number of guanidine groups is 1. The highest BCUT2D eigenvalue weighted by Crippen LogP contribution is 2.14. The van der Waals surface area contributed by atoms with Gasteiger partial charge in [-0.05, 0) is 18.6 Å². The first-order chi connectivity index (χ1) is 11.8. The first-order valence-electron chi connectivity index (χ1n) is 8.78. The SMILES string of the molecule is CCCCCCCCN=C(N)NCCc1nc(-c2ccco2)n[nH]1.I. The van der Waals surface area contributed by atoms with Crippen LogP contribution in [0.5, 0.6) is 0 Å². The van der Waals surface area contributed by atoms with Crippen LogP contribution in [0.25, 0.3) is 11.6 Å². The zero-order valence-corrected chi connectivity index (χ0v) is 17.2. The van der Waals surface area contributed by atoms with Gasteiger partial charge in [-0.15, -0.1) is 24.0 Å².